The van der Waals surface area contributed by atoms with Gasteiger partial charge in [0, 0.05) is 28.4 Å². The average Bonchev–Trinajstić information content (AvgIpc) is 3.38. The van der Waals surface area contributed by atoms with Gasteiger partial charge in [-0.1, -0.05) is 24.3 Å². The Bertz CT molecular complexity index is 1140. The summed E-state index contributed by atoms with van der Waals surface area (Å²) in [5.41, 5.74) is 2.29. The highest BCUT2D eigenvalue weighted by Gasteiger charge is 2.24. The molecule has 4 rings (SSSR count). The van der Waals surface area contributed by atoms with E-state index in [-0.39, 0.29) is 19.3 Å². The molecule has 6 nitrogen and oxygen atoms in total. The highest BCUT2D eigenvalue weighted by atomic mass is 32.2. The van der Waals surface area contributed by atoms with E-state index >= 15 is 0 Å². The van der Waals surface area contributed by atoms with E-state index in [1.807, 2.05) is 55.5 Å². The minimum absolute atomic E-state index is 0.125. The minimum atomic E-state index is -0.419. The maximum atomic E-state index is 12.7. The topological polar surface area (TPSA) is 73.9 Å². The van der Waals surface area contributed by atoms with Crippen LogP contribution in [0.15, 0.2) is 53.4 Å². The molecule has 172 valence electrons. The molecule has 1 aliphatic heterocycles. The Labute approximate surface area is 201 Å². The van der Waals surface area contributed by atoms with Crippen molar-refractivity contribution in [3.8, 4) is 11.5 Å². The van der Waals surface area contributed by atoms with E-state index in [0.717, 1.165) is 32.4 Å². The van der Waals surface area contributed by atoms with Gasteiger partial charge in [0.15, 0.2) is 11.5 Å². The highest BCUT2D eigenvalue weighted by Crippen LogP contribution is 2.38. The Morgan fingerprint density at radius 2 is 1.91 bits per heavy atom. The molecule has 0 saturated carbocycles. The third kappa shape index (κ3) is 5.69. The van der Waals surface area contributed by atoms with E-state index in [2.05, 4.69) is 5.32 Å². The van der Waals surface area contributed by atoms with Crippen LogP contribution in [0.1, 0.15) is 39.7 Å². The molecule has 8 heteroatoms. The van der Waals surface area contributed by atoms with Gasteiger partial charge in [-0.3, -0.25) is 4.79 Å². The van der Waals surface area contributed by atoms with Crippen LogP contribution in [0.5, 0.6) is 11.5 Å². The van der Waals surface area contributed by atoms with Gasteiger partial charge in [0.05, 0.1) is 12.2 Å². The summed E-state index contributed by atoms with van der Waals surface area (Å²) < 4.78 is 16.1. The standard InChI is InChI=1S/C25H25NO5S2/c1-3-29-25(28)23-16(2)21(14-17-9-10-19-20(13-17)31-15-30-19)33-24(23)26-22(27)11-12-32-18-7-5-4-6-8-18/h4-10,13H,3,11-12,14-15H2,1-2H3,(H,26,27). The lowest BCUT2D eigenvalue weighted by atomic mass is 10.1. The lowest BCUT2D eigenvalue weighted by molar-refractivity contribution is -0.115. The van der Waals surface area contributed by atoms with Crippen molar-refractivity contribution < 1.29 is 23.8 Å². The third-order valence-electron chi connectivity index (χ3n) is 5.12. The number of rotatable bonds is 9. The fraction of sp³-hybridized carbons (Fsp3) is 0.280. The van der Waals surface area contributed by atoms with Crippen LogP contribution in [0.4, 0.5) is 5.00 Å². The van der Waals surface area contributed by atoms with Gasteiger partial charge >= 0.3 is 5.97 Å². The Kier molecular flexibility index (Phi) is 7.57. The normalized spacial score (nSPS) is 11.9. The summed E-state index contributed by atoms with van der Waals surface area (Å²) in [6.45, 7) is 4.16. The van der Waals surface area contributed by atoms with Crippen LogP contribution in [0.25, 0.3) is 0 Å². The minimum Gasteiger partial charge on any atom is -0.462 e. The molecule has 2 heterocycles. The Morgan fingerprint density at radius 1 is 1.12 bits per heavy atom. The van der Waals surface area contributed by atoms with E-state index < -0.39 is 5.97 Å². The average molecular weight is 484 g/mol. The summed E-state index contributed by atoms with van der Waals surface area (Å²) in [6.07, 6.45) is 0.954. The number of hydrogen-bond donors (Lipinski definition) is 1. The number of carbonyl (C=O) groups is 2. The van der Waals surface area contributed by atoms with Gasteiger partial charge in [-0.25, -0.2) is 4.79 Å². The Balaban J connectivity index is 1.48. The zero-order chi connectivity index (χ0) is 23.2. The van der Waals surface area contributed by atoms with Gasteiger partial charge < -0.3 is 19.5 Å². The summed E-state index contributed by atoms with van der Waals surface area (Å²) in [7, 11) is 0. The van der Waals surface area contributed by atoms with Gasteiger partial charge in [-0.05, 0) is 49.2 Å². The van der Waals surface area contributed by atoms with Gasteiger partial charge in [0.25, 0.3) is 0 Å². The molecule has 3 aromatic rings. The summed E-state index contributed by atoms with van der Waals surface area (Å²) in [4.78, 5) is 27.4. The van der Waals surface area contributed by atoms with Gasteiger partial charge in [0.2, 0.25) is 12.7 Å². The summed E-state index contributed by atoms with van der Waals surface area (Å²) in [6, 6.07) is 15.8. The van der Waals surface area contributed by atoms with E-state index in [1.54, 1.807) is 18.7 Å². The number of amides is 1. The number of thioether (sulfide) groups is 1. The molecule has 1 aromatic heterocycles. The second-order valence-electron chi connectivity index (χ2n) is 7.40. The summed E-state index contributed by atoms with van der Waals surface area (Å²) in [5, 5.41) is 3.48. The lowest BCUT2D eigenvalue weighted by Crippen LogP contribution is -2.15. The molecule has 0 unspecified atom stereocenters. The second-order valence-corrected chi connectivity index (χ2v) is 9.67. The SMILES string of the molecule is CCOC(=O)c1c(NC(=O)CCSc2ccccc2)sc(Cc2ccc3c(c2)OCO3)c1C. The van der Waals surface area contributed by atoms with E-state index in [1.165, 1.54) is 11.3 Å². The predicted octanol–water partition coefficient (Wildman–Crippen LogP) is 5.67. The van der Waals surface area contributed by atoms with Crippen LogP contribution in [0, 0.1) is 6.92 Å². The van der Waals surface area contributed by atoms with Crippen molar-refractivity contribution in [3.05, 3.63) is 70.1 Å². The van der Waals surface area contributed by atoms with Crippen molar-refractivity contribution in [1.82, 2.24) is 0 Å². The first-order valence-electron chi connectivity index (χ1n) is 10.7. The molecule has 0 saturated heterocycles. The van der Waals surface area contributed by atoms with Crippen LogP contribution < -0.4 is 14.8 Å². The molecule has 1 amide bonds. The van der Waals surface area contributed by atoms with Crippen molar-refractivity contribution in [2.75, 3.05) is 24.5 Å². The number of anilines is 1. The van der Waals surface area contributed by atoms with E-state index in [9.17, 15) is 9.59 Å². The summed E-state index contributed by atoms with van der Waals surface area (Å²) in [5.74, 6) is 1.56. The van der Waals surface area contributed by atoms with Crippen LogP contribution >= 0.6 is 23.1 Å². The van der Waals surface area contributed by atoms with E-state index in [4.69, 9.17) is 14.2 Å². The number of thiophene rings is 1. The third-order valence-corrected chi connectivity index (χ3v) is 7.34. The summed E-state index contributed by atoms with van der Waals surface area (Å²) >= 11 is 3.04. The first kappa shape index (κ1) is 23.2. The first-order chi connectivity index (χ1) is 16.0. The fourth-order valence-electron chi connectivity index (χ4n) is 3.47. The number of carbonyl (C=O) groups excluding carboxylic acids is 2. The van der Waals surface area contributed by atoms with Crippen LogP contribution in [-0.2, 0) is 16.0 Å². The zero-order valence-corrected chi connectivity index (χ0v) is 20.1. The maximum absolute atomic E-state index is 12.7. The molecule has 2 aromatic carbocycles. The molecular formula is C25H25NO5S2. The molecule has 1 aliphatic rings. The quantitative estimate of drug-likeness (QED) is 0.312. The van der Waals surface area contributed by atoms with Crippen molar-refractivity contribution in [2.45, 2.75) is 31.6 Å². The Hall–Kier alpha value is -2.97. The molecule has 0 fully saturated rings. The largest absolute Gasteiger partial charge is 0.462 e. The highest BCUT2D eigenvalue weighted by molar-refractivity contribution is 7.99. The van der Waals surface area contributed by atoms with Crippen molar-refractivity contribution in [3.63, 3.8) is 0 Å². The molecule has 0 aliphatic carbocycles. The van der Waals surface area contributed by atoms with Crippen LogP contribution in [0.3, 0.4) is 0 Å². The van der Waals surface area contributed by atoms with Gasteiger partial charge in [-0.2, -0.15) is 0 Å². The monoisotopic (exact) mass is 483 g/mol. The number of nitrogens with one attached hydrogen (secondary N) is 1. The van der Waals surface area contributed by atoms with Crippen LogP contribution in [-0.4, -0.2) is 31.0 Å². The first-order valence-corrected chi connectivity index (χ1v) is 12.5. The molecule has 0 radical (unpaired) electrons. The molecule has 0 spiro atoms. The number of benzene rings is 2. The molecular weight excluding hydrogens is 458 g/mol. The number of fused-ring (bicyclic) bond motifs is 1. The van der Waals surface area contributed by atoms with E-state index in [0.29, 0.717) is 29.2 Å². The van der Waals surface area contributed by atoms with Crippen molar-refractivity contribution in [2.24, 2.45) is 0 Å². The number of hydrogen-bond acceptors (Lipinski definition) is 7. The molecule has 0 atom stereocenters. The molecule has 33 heavy (non-hydrogen) atoms. The molecule has 0 bridgehead atoms. The van der Waals surface area contributed by atoms with Gasteiger partial charge in [0.1, 0.15) is 5.00 Å². The van der Waals surface area contributed by atoms with Gasteiger partial charge in [-0.15, -0.1) is 23.1 Å². The Morgan fingerprint density at radius 3 is 2.70 bits per heavy atom. The number of ether oxygens (including phenoxy) is 3. The molecule has 1 N–H and O–H groups in total. The van der Waals surface area contributed by atoms with Crippen LogP contribution in [0.2, 0.25) is 0 Å². The smallest absolute Gasteiger partial charge is 0.341 e. The predicted molar refractivity (Wildman–Crippen MR) is 131 cm³/mol. The number of esters is 1. The maximum Gasteiger partial charge on any atom is 0.341 e. The van der Waals surface area contributed by atoms with Crippen molar-refractivity contribution in [1.29, 1.82) is 0 Å². The zero-order valence-electron chi connectivity index (χ0n) is 18.5. The second kappa shape index (κ2) is 10.8. The fourth-order valence-corrected chi connectivity index (χ4v) is 5.59. The van der Waals surface area contributed by atoms with Crippen molar-refractivity contribution >= 4 is 40.0 Å². The lowest BCUT2D eigenvalue weighted by Gasteiger charge is -2.07.